The Labute approximate surface area is 113 Å². The maximum absolute atomic E-state index is 10.7. The third-order valence-corrected chi connectivity index (χ3v) is 3.09. The zero-order valence-corrected chi connectivity index (χ0v) is 11.7. The van der Waals surface area contributed by atoms with E-state index in [2.05, 4.69) is 31.2 Å². The van der Waals surface area contributed by atoms with Crippen LogP contribution in [0.3, 0.4) is 0 Å². The Hall–Kier alpha value is -1.56. The fourth-order valence-corrected chi connectivity index (χ4v) is 2.28. The van der Waals surface area contributed by atoms with Crippen LogP contribution in [0.4, 0.5) is 4.79 Å². The van der Waals surface area contributed by atoms with E-state index in [4.69, 9.17) is 5.11 Å². The second-order valence-corrected chi connectivity index (χ2v) is 5.65. The highest BCUT2D eigenvalue weighted by Crippen LogP contribution is 2.22. The first-order valence-electron chi connectivity index (χ1n) is 5.51. The van der Waals surface area contributed by atoms with Gasteiger partial charge in [-0.2, -0.15) is 0 Å². The summed E-state index contributed by atoms with van der Waals surface area (Å²) in [5.41, 5.74) is 2.26. The van der Waals surface area contributed by atoms with Crippen LogP contribution < -0.4 is 5.32 Å². The van der Waals surface area contributed by atoms with Crippen LogP contribution >= 0.6 is 15.9 Å². The number of carbonyl (C=O) groups is 1. The number of H-pyrrole nitrogens is 1. The topological polar surface area (TPSA) is 78.0 Å². The van der Waals surface area contributed by atoms with Crippen molar-refractivity contribution in [3.63, 3.8) is 0 Å². The number of aromatic nitrogens is 2. The molecule has 2 aromatic rings. The fourth-order valence-electron chi connectivity index (χ4n) is 1.97. The third-order valence-electron chi connectivity index (χ3n) is 2.65. The highest BCUT2D eigenvalue weighted by Gasteiger charge is 2.22. The molecule has 5 nitrogen and oxygen atoms in total. The van der Waals surface area contributed by atoms with Crippen molar-refractivity contribution >= 4 is 33.1 Å². The Morgan fingerprint density at radius 1 is 1.56 bits per heavy atom. The van der Waals surface area contributed by atoms with Crippen LogP contribution in [-0.4, -0.2) is 26.7 Å². The number of rotatable bonds is 3. The van der Waals surface area contributed by atoms with Crippen molar-refractivity contribution in [3.8, 4) is 0 Å². The summed E-state index contributed by atoms with van der Waals surface area (Å²) < 4.78 is 0.764. The molecule has 0 spiro atoms. The van der Waals surface area contributed by atoms with Crippen molar-refractivity contribution in [3.05, 3.63) is 28.5 Å². The molecule has 2 heterocycles. The van der Waals surface area contributed by atoms with Crippen LogP contribution in [0.15, 0.2) is 22.9 Å². The second-order valence-electron chi connectivity index (χ2n) is 4.83. The number of amides is 1. The number of halogens is 1. The van der Waals surface area contributed by atoms with Gasteiger partial charge in [0.25, 0.3) is 0 Å². The average Bonchev–Trinajstić information content (AvgIpc) is 2.58. The van der Waals surface area contributed by atoms with E-state index in [1.165, 1.54) is 0 Å². The summed E-state index contributed by atoms with van der Waals surface area (Å²) in [5, 5.41) is 11.3. The molecule has 0 aliphatic heterocycles. The molecule has 0 saturated carbocycles. The molecule has 1 amide bonds. The molecule has 2 aromatic heterocycles. The molecule has 0 aromatic carbocycles. The number of aromatic amines is 1. The van der Waals surface area contributed by atoms with Crippen molar-refractivity contribution in [2.24, 2.45) is 0 Å². The largest absolute Gasteiger partial charge is 0.465 e. The smallest absolute Gasteiger partial charge is 0.405 e. The monoisotopic (exact) mass is 311 g/mol. The Balaban J connectivity index is 2.31. The highest BCUT2D eigenvalue weighted by atomic mass is 79.9. The Kier molecular flexibility index (Phi) is 3.30. The zero-order valence-electron chi connectivity index (χ0n) is 10.1. The van der Waals surface area contributed by atoms with Crippen LogP contribution in [0.25, 0.3) is 11.0 Å². The lowest BCUT2D eigenvalue weighted by Gasteiger charge is -2.23. The molecule has 6 heteroatoms. The van der Waals surface area contributed by atoms with E-state index >= 15 is 0 Å². The number of carboxylic acid groups (broad SMARTS) is 1. The average molecular weight is 312 g/mol. The van der Waals surface area contributed by atoms with Gasteiger partial charge >= 0.3 is 6.09 Å². The van der Waals surface area contributed by atoms with E-state index in [-0.39, 0.29) is 0 Å². The fraction of sp³-hybridized carbons (Fsp3) is 0.333. The molecule has 0 radical (unpaired) electrons. The van der Waals surface area contributed by atoms with Crippen molar-refractivity contribution in [1.29, 1.82) is 0 Å². The van der Waals surface area contributed by atoms with Crippen LogP contribution in [-0.2, 0) is 6.42 Å². The van der Waals surface area contributed by atoms with Gasteiger partial charge in [0.1, 0.15) is 4.60 Å². The number of hydrogen-bond donors (Lipinski definition) is 3. The van der Waals surface area contributed by atoms with Gasteiger partial charge in [-0.3, -0.25) is 0 Å². The molecule has 0 saturated heterocycles. The van der Waals surface area contributed by atoms with E-state index in [1.807, 2.05) is 32.2 Å². The van der Waals surface area contributed by atoms with Gasteiger partial charge in [-0.1, -0.05) is 0 Å². The molecular formula is C12H14BrN3O2. The summed E-state index contributed by atoms with van der Waals surface area (Å²) in [5.74, 6) is 0. The molecule has 0 atom stereocenters. The normalized spacial score (nSPS) is 11.7. The van der Waals surface area contributed by atoms with Crippen LogP contribution in [0.2, 0.25) is 0 Å². The zero-order chi connectivity index (χ0) is 13.3. The minimum absolute atomic E-state index is 0.537. The molecule has 96 valence electrons. The van der Waals surface area contributed by atoms with Gasteiger partial charge in [0.05, 0.1) is 11.0 Å². The molecule has 0 fully saturated rings. The lowest BCUT2D eigenvalue weighted by molar-refractivity contribution is 0.182. The number of hydrogen-bond acceptors (Lipinski definition) is 2. The molecule has 3 N–H and O–H groups in total. The van der Waals surface area contributed by atoms with Gasteiger partial charge in [0.15, 0.2) is 0 Å². The number of nitrogens with zero attached hydrogens (tertiary/aromatic N) is 1. The molecule has 0 aliphatic rings. The predicted molar refractivity (Wildman–Crippen MR) is 72.7 cm³/mol. The van der Waals surface area contributed by atoms with Gasteiger partial charge in [-0.25, -0.2) is 9.78 Å². The minimum atomic E-state index is -1.02. The second kappa shape index (κ2) is 4.61. The van der Waals surface area contributed by atoms with Gasteiger partial charge in [-0.15, -0.1) is 0 Å². The number of pyridine rings is 1. The first-order chi connectivity index (χ1) is 8.37. The van der Waals surface area contributed by atoms with E-state index in [1.54, 1.807) is 0 Å². The summed E-state index contributed by atoms with van der Waals surface area (Å²) in [7, 11) is 0. The van der Waals surface area contributed by atoms with Crippen molar-refractivity contribution in [2.45, 2.75) is 25.8 Å². The summed E-state index contributed by atoms with van der Waals surface area (Å²) in [6, 6.07) is 3.80. The maximum Gasteiger partial charge on any atom is 0.405 e. The van der Waals surface area contributed by atoms with Crippen molar-refractivity contribution < 1.29 is 9.90 Å². The molecule has 0 aliphatic carbocycles. The van der Waals surface area contributed by atoms with E-state index in [0.717, 1.165) is 21.2 Å². The number of fused-ring (bicyclic) bond motifs is 1. The highest BCUT2D eigenvalue weighted by molar-refractivity contribution is 9.10. The Morgan fingerprint density at radius 2 is 2.28 bits per heavy atom. The van der Waals surface area contributed by atoms with Crippen LogP contribution in [0.5, 0.6) is 0 Å². The van der Waals surface area contributed by atoms with Crippen LogP contribution in [0.1, 0.15) is 19.4 Å². The first kappa shape index (κ1) is 12.9. The summed E-state index contributed by atoms with van der Waals surface area (Å²) in [6.45, 7) is 3.69. The predicted octanol–water partition coefficient (Wildman–Crippen LogP) is 2.91. The van der Waals surface area contributed by atoms with Crippen molar-refractivity contribution in [1.82, 2.24) is 15.3 Å². The Bertz CT molecular complexity index is 592. The quantitative estimate of drug-likeness (QED) is 0.763. The van der Waals surface area contributed by atoms with Crippen LogP contribution in [0, 0.1) is 0 Å². The summed E-state index contributed by atoms with van der Waals surface area (Å²) >= 11 is 3.34. The molecule has 2 rings (SSSR count). The van der Waals surface area contributed by atoms with Gasteiger partial charge in [0, 0.05) is 11.7 Å². The van der Waals surface area contributed by atoms with E-state index in [9.17, 15) is 4.79 Å². The molecule has 18 heavy (non-hydrogen) atoms. The maximum atomic E-state index is 10.7. The van der Waals surface area contributed by atoms with Crippen molar-refractivity contribution in [2.75, 3.05) is 0 Å². The standard InChI is InChI=1S/C12H14BrN3O2/c1-12(2,16-11(17)18)5-7-6-14-8-3-4-9(13)15-10(7)8/h3-4,6,14,16H,5H2,1-2H3,(H,17,18). The van der Waals surface area contributed by atoms with E-state index in [0.29, 0.717) is 6.42 Å². The summed E-state index contributed by atoms with van der Waals surface area (Å²) in [4.78, 5) is 18.3. The minimum Gasteiger partial charge on any atom is -0.465 e. The first-order valence-corrected chi connectivity index (χ1v) is 6.30. The Morgan fingerprint density at radius 3 is 2.94 bits per heavy atom. The van der Waals surface area contributed by atoms with Gasteiger partial charge in [-0.05, 0) is 53.9 Å². The molecule has 0 unspecified atom stereocenters. The molecular weight excluding hydrogens is 298 g/mol. The van der Waals surface area contributed by atoms with Gasteiger partial charge in [0.2, 0.25) is 0 Å². The lowest BCUT2D eigenvalue weighted by Crippen LogP contribution is -2.44. The number of nitrogens with one attached hydrogen (secondary N) is 2. The summed E-state index contributed by atoms with van der Waals surface area (Å²) in [6.07, 6.45) is 1.42. The van der Waals surface area contributed by atoms with E-state index < -0.39 is 11.6 Å². The lowest BCUT2D eigenvalue weighted by atomic mass is 9.96. The van der Waals surface area contributed by atoms with Gasteiger partial charge < -0.3 is 15.4 Å². The third kappa shape index (κ3) is 2.81. The molecule has 0 bridgehead atoms. The SMILES string of the molecule is CC(C)(Cc1c[nH]c2ccc(Br)nc12)NC(=O)O.